The number of pyridine rings is 1. The predicted molar refractivity (Wildman–Crippen MR) is 117 cm³/mol. The van der Waals surface area contributed by atoms with Crippen molar-refractivity contribution in [2.24, 2.45) is 0 Å². The largest absolute Gasteiger partial charge is 0.507 e. The third-order valence-electron chi connectivity index (χ3n) is 5.51. The van der Waals surface area contributed by atoms with Gasteiger partial charge in [-0.15, -0.1) is 0 Å². The van der Waals surface area contributed by atoms with Crippen LogP contribution in [0.4, 0.5) is 0 Å². The molecule has 2 aromatic heterocycles. The second-order valence-electron chi connectivity index (χ2n) is 8.59. The highest BCUT2D eigenvalue weighted by Gasteiger charge is 2.34. The molecule has 2 heterocycles. The van der Waals surface area contributed by atoms with Crippen LogP contribution in [0.15, 0.2) is 30.6 Å². The molecule has 1 aliphatic carbocycles. The summed E-state index contributed by atoms with van der Waals surface area (Å²) in [5.41, 5.74) is 4.11. The number of carboxylic acids is 1. The first kappa shape index (κ1) is 20.4. The summed E-state index contributed by atoms with van der Waals surface area (Å²) in [4.78, 5) is 20.6. The zero-order valence-electron chi connectivity index (χ0n) is 17.9. The van der Waals surface area contributed by atoms with E-state index in [1.165, 1.54) is 0 Å². The lowest BCUT2D eigenvalue weighted by Crippen LogP contribution is -2.17. The van der Waals surface area contributed by atoms with Crippen LogP contribution in [-0.2, 0) is 13.1 Å². The van der Waals surface area contributed by atoms with Gasteiger partial charge in [-0.3, -0.25) is 4.98 Å². The van der Waals surface area contributed by atoms with Crippen LogP contribution in [0.25, 0.3) is 22.0 Å². The van der Waals surface area contributed by atoms with E-state index in [2.05, 4.69) is 9.55 Å². The number of phenols is 1. The second kappa shape index (κ2) is 7.74. The molecule has 1 saturated carbocycles. The molecule has 0 aliphatic heterocycles. The van der Waals surface area contributed by atoms with E-state index in [1.54, 1.807) is 12.4 Å². The Hall–Kier alpha value is -2.90. The van der Waals surface area contributed by atoms with Gasteiger partial charge in [-0.1, -0.05) is 6.07 Å². The van der Waals surface area contributed by atoms with E-state index < -0.39 is 5.97 Å². The minimum Gasteiger partial charge on any atom is -0.507 e. The Morgan fingerprint density at radius 3 is 2.43 bits per heavy atom. The third kappa shape index (κ3) is 3.55. The molecule has 3 aromatic rings. The summed E-state index contributed by atoms with van der Waals surface area (Å²) in [7, 11) is 7.72. The first-order valence-electron chi connectivity index (χ1n) is 10.1. The van der Waals surface area contributed by atoms with Crippen molar-refractivity contribution in [1.29, 1.82) is 0 Å². The van der Waals surface area contributed by atoms with E-state index in [0.29, 0.717) is 41.2 Å². The Morgan fingerprint density at radius 2 is 1.90 bits per heavy atom. The summed E-state index contributed by atoms with van der Waals surface area (Å²) in [5.74, 6) is -0.833. The van der Waals surface area contributed by atoms with Crippen LogP contribution in [0.3, 0.4) is 0 Å². The number of rotatable bonds is 7. The quantitative estimate of drug-likeness (QED) is 0.622. The van der Waals surface area contributed by atoms with Gasteiger partial charge in [0, 0.05) is 59.3 Å². The zero-order valence-corrected chi connectivity index (χ0v) is 17.9. The normalized spacial score (nSPS) is 14.2. The van der Waals surface area contributed by atoms with Gasteiger partial charge in [-0.2, -0.15) is 0 Å². The van der Waals surface area contributed by atoms with Crippen molar-refractivity contribution >= 4 is 16.9 Å². The molecule has 0 bridgehead atoms. The van der Waals surface area contributed by atoms with Gasteiger partial charge in [0.15, 0.2) is 0 Å². The van der Waals surface area contributed by atoms with Gasteiger partial charge in [0.2, 0.25) is 0 Å². The lowest BCUT2D eigenvalue weighted by Gasteiger charge is -2.17. The maximum absolute atomic E-state index is 12.4. The van der Waals surface area contributed by atoms with Gasteiger partial charge in [0.1, 0.15) is 5.75 Å². The highest BCUT2D eigenvalue weighted by molar-refractivity contribution is 6.09. The lowest BCUT2D eigenvalue weighted by atomic mass is 9.96. The minimum atomic E-state index is -0.954. The van der Waals surface area contributed by atoms with E-state index in [9.17, 15) is 15.0 Å². The maximum Gasteiger partial charge on any atom is 0.338 e. The standard InChI is InChI=1S/C23H28N4O3/c1-25(2)12-17-20-18(10-16(22(17)28)14-6-5-9-24-11-14)27(15-7-8-15)19(13-26(3)4)21(20)23(29)30/h5-6,9-11,15,28H,7-8,12-13H2,1-4H3,(H,29,30). The van der Waals surface area contributed by atoms with Crippen LogP contribution in [0.1, 0.15) is 40.5 Å². The molecule has 0 unspecified atom stereocenters. The number of aromatic nitrogens is 2. The number of hydrogen-bond acceptors (Lipinski definition) is 5. The Bertz CT molecular complexity index is 1100. The number of aromatic hydroxyl groups is 1. The van der Waals surface area contributed by atoms with Gasteiger partial charge in [0.05, 0.1) is 11.1 Å². The molecule has 4 rings (SSSR count). The Balaban J connectivity index is 2.13. The van der Waals surface area contributed by atoms with E-state index in [-0.39, 0.29) is 5.75 Å². The molecule has 0 atom stereocenters. The summed E-state index contributed by atoms with van der Waals surface area (Å²) < 4.78 is 2.19. The average molecular weight is 409 g/mol. The molecule has 1 fully saturated rings. The minimum absolute atomic E-state index is 0.121. The molecule has 0 saturated heterocycles. The summed E-state index contributed by atoms with van der Waals surface area (Å²) in [6.07, 6.45) is 5.50. The van der Waals surface area contributed by atoms with E-state index in [4.69, 9.17) is 0 Å². The van der Waals surface area contributed by atoms with Crippen LogP contribution >= 0.6 is 0 Å². The molecule has 7 nitrogen and oxygen atoms in total. The van der Waals surface area contributed by atoms with E-state index >= 15 is 0 Å². The number of carbonyl (C=O) groups is 1. The number of fused-ring (bicyclic) bond motifs is 1. The smallest absolute Gasteiger partial charge is 0.338 e. The highest BCUT2D eigenvalue weighted by Crippen LogP contribution is 2.46. The summed E-state index contributed by atoms with van der Waals surface area (Å²) in [5, 5.41) is 22.1. The number of hydrogen-bond donors (Lipinski definition) is 2. The lowest BCUT2D eigenvalue weighted by molar-refractivity contribution is 0.0696. The highest BCUT2D eigenvalue weighted by atomic mass is 16.4. The third-order valence-corrected chi connectivity index (χ3v) is 5.51. The van der Waals surface area contributed by atoms with E-state index in [0.717, 1.165) is 29.6 Å². The average Bonchev–Trinajstić information content (AvgIpc) is 3.46. The summed E-state index contributed by atoms with van der Waals surface area (Å²) >= 11 is 0. The SMILES string of the molecule is CN(C)Cc1c(O)c(-c2cccnc2)cc2c1c(C(=O)O)c(CN(C)C)n2C1CC1. The maximum atomic E-state index is 12.4. The van der Waals surface area contributed by atoms with Crippen molar-refractivity contribution in [2.45, 2.75) is 32.0 Å². The number of benzene rings is 1. The summed E-state index contributed by atoms with van der Waals surface area (Å²) in [6.45, 7) is 0.962. The Morgan fingerprint density at radius 1 is 1.20 bits per heavy atom. The molecule has 1 aromatic carbocycles. The molecular weight excluding hydrogens is 380 g/mol. The molecule has 1 aliphatic rings. The Kier molecular flexibility index (Phi) is 5.26. The van der Waals surface area contributed by atoms with Gasteiger partial charge < -0.3 is 24.6 Å². The number of phenolic OH excluding ortho intramolecular Hbond substituents is 1. The molecule has 0 spiro atoms. The van der Waals surface area contributed by atoms with Crippen LogP contribution < -0.4 is 0 Å². The van der Waals surface area contributed by atoms with Crippen LogP contribution in [0.5, 0.6) is 5.75 Å². The molecule has 0 radical (unpaired) electrons. The topological polar surface area (TPSA) is 81.8 Å². The number of nitrogens with zero attached hydrogens (tertiary/aromatic N) is 4. The van der Waals surface area contributed by atoms with Crippen LogP contribution in [-0.4, -0.2) is 63.7 Å². The molecule has 0 amide bonds. The molecule has 158 valence electrons. The molecule has 2 N–H and O–H groups in total. The monoisotopic (exact) mass is 408 g/mol. The number of aromatic carboxylic acids is 1. The first-order valence-corrected chi connectivity index (χ1v) is 10.1. The fourth-order valence-electron chi connectivity index (χ4n) is 4.24. The predicted octanol–water partition coefficient (Wildman–Crippen LogP) is 3.57. The van der Waals surface area contributed by atoms with Crippen LogP contribution in [0.2, 0.25) is 0 Å². The molecular formula is C23H28N4O3. The van der Waals surface area contributed by atoms with E-state index in [1.807, 2.05) is 56.2 Å². The van der Waals surface area contributed by atoms with Crippen molar-refractivity contribution in [1.82, 2.24) is 19.4 Å². The van der Waals surface area contributed by atoms with Crippen molar-refractivity contribution in [3.05, 3.63) is 47.4 Å². The second-order valence-corrected chi connectivity index (χ2v) is 8.59. The van der Waals surface area contributed by atoms with Crippen molar-refractivity contribution < 1.29 is 15.0 Å². The van der Waals surface area contributed by atoms with Crippen molar-refractivity contribution in [2.75, 3.05) is 28.2 Å². The number of carboxylic acid groups (broad SMARTS) is 1. The molecule has 30 heavy (non-hydrogen) atoms. The van der Waals surface area contributed by atoms with Crippen molar-refractivity contribution in [3.8, 4) is 16.9 Å². The van der Waals surface area contributed by atoms with Gasteiger partial charge in [-0.05, 0) is 53.2 Å². The van der Waals surface area contributed by atoms with Crippen molar-refractivity contribution in [3.63, 3.8) is 0 Å². The van der Waals surface area contributed by atoms with Gasteiger partial charge in [0.25, 0.3) is 0 Å². The van der Waals surface area contributed by atoms with Crippen LogP contribution in [0, 0.1) is 0 Å². The fraction of sp³-hybridized carbons (Fsp3) is 0.391. The van der Waals surface area contributed by atoms with Gasteiger partial charge >= 0.3 is 5.97 Å². The molecule has 7 heteroatoms. The van der Waals surface area contributed by atoms with Gasteiger partial charge in [-0.25, -0.2) is 4.79 Å². The summed E-state index contributed by atoms with van der Waals surface area (Å²) in [6, 6.07) is 5.99. The Labute approximate surface area is 176 Å². The fourth-order valence-corrected chi connectivity index (χ4v) is 4.24. The first-order chi connectivity index (χ1) is 14.3. The zero-order chi connectivity index (χ0) is 21.6.